The Bertz CT molecular complexity index is 734. The number of rotatable bonds is 1. The molecule has 3 atom stereocenters. The summed E-state index contributed by atoms with van der Waals surface area (Å²) in [4.78, 5) is 13.7. The molecule has 0 saturated carbocycles. The minimum Gasteiger partial charge on any atom is -0.481 e. The number of hydrogen-bond donors (Lipinski definition) is 1. The van der Waals surface area contributed by atoms with Crippen molar-refractivity contribution in [1.29, 1.82) is 0 Å². The van der Waals surface area contributed by atoms with Gasteiger partial charge in [-0.15, -0.1) is 0 Å². The summed E-state index contributed by atoms with van der Waals surface area (Å²) in [5, 5.41) is 10.8. The number of carboxylic acids is 1. The third-order valence-corrected chi connectivity index (χ3v) is 5.38. The SMILES string of the molecule is CN1CC(C(=O)O)CC2c3cccc4c3c(cn4C)CC21. The van der Waals surface area contributed by atoms with E-state index < -0.39 is 5.97 Å². The number of nitrogens with zero attached hydrogens (tertiary/aromatic N) is 2. The van der Waals surface area contributed by atoms with E-state index in [2.05, 4.69) is 48.0 Å². The minimum absolute atomic E-state index is 0.253. The predicted octanol–water partition coefficient (Wildman–Crippen LogP) is 2.22. The molecule has 1 aromatic heterocycles. The predicted molar refractivity (Wildman–Crippen MR) is 81.5 cm³/mol. The van der Waals surface area contributed by atoms with Gasteiger partial charge in [-0.25, -0.2) is 0 Å². The van der Waals surface area contributed by atoms with Crippen LogP contribution in [0.3, 0.4) is 0 Å². The van der Waals surface area contributed by atoms with Crippen LogP contribution in [0, 0.1) is 5.92 Å². The molecule has 1 N–H and O–H groups in total. The molecule has 1 saturated heterocycles. The number of fused-ring (bicyclic) bond motifs is 2. The fraction of sp³-hybridized carbons (Fsp3) is 0.471. The molecule has 3 unspecified atom stereocenters. The molecule has 0 amide bonds. The first-order valence-corrected chi connectivity index (χ1v) is 7.56. The van der Waals surface area contributed by atoms with Crippen LogP contribution < -0.4 is 0 Å². The molecule has 0 radical (unpaired) electrons. The zero-order valence-electron chi connectivity index (χ0n) is 12.4. The molecule has 1 aromatic carbocycles. The number of piperidine rings is 1. The minimum atomic E-state index is -0.661. The highest BCUT2D eigenvalue weighted by atomic mass is 16.4. The van der Waals surface area contributed by atoms with Crippen LogP contribution in [-0.2, 0) is 18.3 Å². The molecule has 2 heterocycles. The van der Waals surface area contributed by atoms with Crippen molar-refractivity contribution in [3.05, 3.63) is 35.5 Å². The molecule has 4 heteroatoms. The Kier molecular flexibility index (Phi) is 2.67. The molecular formula is C17H20N2O2. The van der Waals surface area contributed by atoms with Gasteiger partial charge in [0, 0.05) is 42.7 Å². The normalized spacial score (nSPS) is 28.6. The van der Waals surface area contributed by atoms with Crippen LogP contribution >= 0.6 is 0 Å². The molecule has 2 aromatic rings. The fourth-order valence-electron chi connectivity index (χ4n) is 4.40. The molecule has 1 aliphatic heterocycles. The molecule has 4 nitrogen and oxygen atoms in total. The zero-order valence-corrected chi connectivity index (χ0v) is 12.4. The molecule has 21 heavy (non-hydrogen) atoms. The highest BCUT2D eigenvalue weighted by molar-refractivity contribution is 5.89. The van der Waals surface area contributed by atoms with Gasteiger partial charge in [0.15, 0.2) is 0 Å². The number of likely N-dealkylation sites (N-methyl/N-ethyl adjacent to an activating group) is 1. The van der Waals surface area contributed by atoms with Crippen LogP contribution in [0.25, 0.3) is 10.9 Å². The summed E-state index contributed by atoms with van der Waals surface area (Å²) in [7, 11) is 4.16. The van der Waals surface area contributed by atoms with E-state index in [0.717, 1.165) is 12.8 Å². The van der Waals surface area contributed by atoms with Gasteiger partial charge in [-0.2, -0.15) is 0 Å². The number of aromatic nitrogens is 1. The quantitative estimate of drug-likeness (QED) is 0.873. The Balaban J connectivity index is 1.87. The second-order valence-corrected chi connectivity index (χ2v) is 6.60. The third kappa shape index (κ3) is 1.75. The lowest BCUT2D eigenvalue weighted by Gasteiger charge is -2.44. The van der Waals surface area contributed by atoms with Crippen molar-refractivity contribution >= 4 is 16.9 Å². The van der Waals surface area contributed by atoms with Crippen molar-refractivity contribution < 1.29 is 9.90 Å². The van der Waals surface area contributed by atoms with Crippen LogP contribution in [-0.4, -0.2) is 40.2 Å². The first-order chi connectivity index (χ1) is 10.1. The van der Waals surface area contributed by atoms with Gasteiger partial charge in [-0.1, -0.05) is 12.1 Å². The molecule has 110 valence electrons. The van der Waals surface area contributed by atoms with E-state index in [-0.39, 0.29) is 5.92 Å². The fourth-order valence-corrected chi connectivity index (χ4v) is 4.40. The maximum Gasteiger partial charge on any atom is 0.307 e. The number of benzene rings is 1. The third-order valence-electron chi connectivity index (χ3n) is 5.38. The van der Waals surface area contributed by atoms with Gasteiger partial charge in [0.25, 0.3) is 0 Å². The lowest BCUT2D eigenvalue weighted by molar-refractivity contribution is -0.144. The molecule has 0 spiro atoms. The summed E-state index contributed by atoms with van der Waals surface area (Å²) >= 11 is 0. The van der Waals surface area contributed by atoms with Crippen LogP contribution in [0.15, 0.2) is 24.4 Å². The number of hydrogen-bond acceptors (Lipinski definition) is 2. The monoisotopic (exact) mass is 284 g/mol. The van der Waals surface area contributed by atoms with Crippen molar-refractivity contribution in [1.82, 2.24) is 9.47 Å². The van der Waals surface area contributed by atoms with E-state index in [4.69, 9.17) is 0 Å². The number of carboxylic acid groups (broad SMARTS) is 1. The van der Waals surface area contributed by atoms with E-state index in [1.807, 2.05) is 0 Å². The maximum absolute atomic E-state index is 11.4. The average Bonchev–Trinajstić information content (AvgIpc) is 2.78. The van der Waals surface area contributed by atoms with Gasteiger partial charge in [-0.3, -0.25) is 4.79 Å². The van der Waals surface area contributed by atoms with Crippen LogP contribution in [0.4, 0.5) is 0 Å². The van der Waals surface area contributed by atoms with Gasteiger partial charge in [-0.05, 0) is 37.1 Å². The second-order valence-electron chi connectivity index (χ2n) is 6.60. The van der Waals surface area contributed by atoms with Crippen molar-refractivity contribution in [3.8, 4) is 0 Å². The van der Waals surface area contributed by atoms with Crippen LogP contribution in [0.5, 0.6) is 0 Å². The topological polar surface area (TPSA) is 45.5 Å². The van der Waals surface area contributed by atoms with Gasteiger partial charge in [0.2, 0.25) is 0 Å². The standard InChI is InChI=1S/C17H20N2O2/c1-18-8-10-7-15-13(6-11(17(20)21)9-19(15)2)12-4-3-5-14(18)16(10)12/h3-5,8,11,13,15H,6-7,9H2,1-2H3,(H,20,21). The molecule has 1 aliphatic carbocycles. The smallest absolute Gasteiger partial charge is 0.307 e. The van der Waals surface area contributed by atoms with E-state index in [1.54, 1.807) is 0 Å². The number of likely N-dealkylation sites (tertiary alicyclic amines) is 1. The number of aliphatic carboxylic acids is 1. The zero-order chi connectivity index (χ0) is 14.7. The molecule has 1 fully saturated rings. The Labute approximate surface area is 124 Å². The lowest BCUT2D eigenvalue weighted by Crippen LogP contribution is -2.49. The van der Waals surface area contributed by atoms with E-state index in [1.165, 1.54) is 22.0 Å². The summed E-state index contributed by atoms with van der Waals surface area (Å²) in [5.74, 6) is -0.577. The highest BCUT2D eigenvalue weighted by Crippen LogP contribution is 2.44. The molecule has 0 bridgehead atoms. The van der Waals surface area contributed by atoms with Crippen molar-refractivity contribution in [3.63, 3.8) is 0 Å². The molecule has 4 rings (SSSR count). The Morgan fingerprint density at radius 2 is 2.14 bits per heavy atom. The summed E-state index contributed by atoms with van der Waals surface area (Å²) in [6, 6.07) is 6.89. The largest absolute Gasteiger partial charge is 0.481 e. The first kappa shape index (κ1) is 12.9. The molecule has 2 aliphatic rings. The van der Waals surface area contributed by atoms with Gasteiger partial charge in [0.1, 0.15) is 0 Å². The summed E-state index contributed by atoms with van der Waals surface area (Å²) in [6.07, 6.45) is 4.03. The number of carbonyl (C=O) groups is 1. The van der Waals surface area contributed by atoms with E-state index in [9.17, 15) is 9.90 Å². The summed E-state index contributed by atoms with van der Waals surface area (Å²) in [6.45, 7) is 0.661. The van der Waals surface area contributed by atoms with Gasteiger partial charge < -0.3 is 14.6 Å². The van der Waals surface area contributed by atoms with Crippen LogP contribution in [0.1, 0.15) is 23.5 Å². The van der Waals surface area contributed by atoms with Gasteiger partial charge >= 0.3 is 5.97 Å². The van der Waals surface area contributed by atoms with Gasteiger partial charge in [0.05, 0.1) is 5.92 Å². The van der Waals surface area contributed by atoms with E-state index in [0.29, 0.717) is 18.5 Å². The Morgan fingerprint density at radius 1 is 1.33 bits per heavy atom. The Morgan fingerprint density at radius 3 is 2.90 bits per heavy atom. The maximum atomic E-state index is 11.4. The Hall–Kier alpha value is -1.81. The highest BCUT2D eigenvalue weighted by Gasteiger charge is 2.41. The first-order valence-electron chi connectivity index (χ1n) is 7.56. The van der Waals surface area contributed by atoms with Crippen molar-refractivity contribution in [2.45, 2.75) is 24.8 Å². The lowest BCUT2D eigenvalue weighted by atomic mass is 9.72. The average molecular weight is 284 g/mol. The van der Waals surface area contributed by atoms with Crippen LogP contribution in [0.2, 0.25) is 0 Å². The van der Waals surface area contributed by atoms with E-state index >= 15 is 0 Å². The molecular weight excluding hydrogens is 264 g/mol. The van der Waals surface area contributed by atoms with Crippen molar-refractivity contribution in [2.24, 2.45) is 13.0 Å². The number of aryl methyl sites for hydroxylation is 1. The summed E-state index contributed by atoms with van der Waals surface area (Å²) in [5.41, 5.74) is 4.02. The summed E-state index contributed by atoms with van der Waals surface area (Å²) < 4.78 is 2.19. The second kappa shape index (κ2) is 4.34. The van der Waals surface area contributed by atoms with Crippen molar-refractivity contribution in [2.75, 3.05) is 13.6 Å².